The van der Waals surface area contributed by atoms with Gasteiger partial charge in [0, 0.05) is 6.04 Å². The summed E-state index contributed by atoms with van der Waals surface area (Å²) in [6.07, 6.45) is 1.08. The Balaban J connectivity index is 2.33. The standard InChI is InChI=1S/C15H22BrN3O4S/c1-15(2,3)23-14(22)19(9-5-7-18(4)8-6-9)13-17-10(12(20)21)11(16)24-13/h9H,5-8H2,1-4H3,(H,20,21). The summed E-state index contributed by atoms with van der Waals surface area (Å²) in [4.78, 5) is 31.8. The minimum Gasteiger partial charge on any atom is -0.476 e. The Kier molecular flexibility index (Phi) is 5.87. The third-order valence-electron chi connectivity index (χ3n) is 3.63. The van der Waals surface area contributed by atoms with E-state index >= 15 is 0 Å². The van der Waals surface area contributed by atoms with Gasteiger partial charge in [-0.3, -0.25) is 0 Å². The first-order valence-electron chi connectivity index (χ1n) is 7.69. The monoisotopic (exact) mass is 419 g/mol. The van der Waals surface area contributed by atoms with Crippen LogP contribution in [0.3, 0.4) is 0 Å². The van der Waals surface area contributed by atoms with Crippen molar-refractivity contribution < 1.29 is 19.4 Å². The summed E-state index contributed by atoms with van der Waals surface area (Å²) in [5.74, 6) is -1.13. The van der Waals surface area contributed by atoms with E-state index in [9.17, 15) is 14.7 Å². The van der Waals surface area contributed by atoms with Crippen molar-refractivity contribution in [1.82, 2.24) is 9.88 Å². The highest BCUT2D eigenvalue weighted by Crippen LogP contribution is 2.34. The molecule has 1 amide bonds. The minimum absolute atomic E-state index is 0.0595. The minimum atomic E-state index is -1.13. The average molecular weight is 420 g/mol. The van der Waals surface area contributed by atoms with Crippen LogP contribution in [0.15, 0.2) is 3.79 Å². The van der Waals surface area contributed by atoms with Gasteiger partial charge in [0.25, 0.3) is 0 Å². The number of carbonyl (C=O) groups excluding carboxylic acids is 1. The first-order chi connectivity index (χ1) is 11.1. The second kappa shape index (κ2) is 7.37. The van der Waals surface area contributed by atoms with Crippen molar-refractivity contribution in [2.24, 2.45) is 0 Å². The van der Waals surface area contributed by atoms with E-state index in [1.807, 2.05) is 7.05 Å². The number of carboxylic acids is 1. The molecule has 7 nitrogen and oxygen atoms in total. The summed E-state index contributed by atoms with van der Waals surface area (Å²) < 4.78 is 5.92. The van der Waals surface area contributed by atoms with Crippen molar-refractivity contribution in [3.05, 3.63) is 9.48 Å². The first kappa shape index (κ1) is 19.1. The normalized spacial score (nSPS) is 16.9. The molecule has 1 aromatic rings. The summed E-state index contributed by atoms with van der Waals surface area (Å²) in [5.41, 5.74) is -0.721. The predicted molar refractivity (Wildman–Crippen MR) is 96.0 cm³/mol. The van der Waals surface area contributed by atoms with E-state index in [0.29, 0.717) is 8.92 Å². The number of ether oxygens (including phenoxy) is 1. The highest BCUT2D eigenvalue weighted by atomic mass is 79.9. The molecular formula is C15H22BrN3O4S. The van der Waals surface area contributed by atoms with Crippen molar-refractivity contribution in [2.75, 3.05) is 25.0 Å². The fraction of sp³-hybridized carbons (Fsp3) is 0.667. The van der Waals surface area contributed by atoms with Gasteiger partial charge in [0.05, 0.1) is 0 Å². The number of carboxylic acid groups (broad SMARTS) is 1. The molecule has 9 heteroatoms. The van der Waals surface area contributed by atoms with E-state index in [0.717, 1.165) is 37.3 Å². The Morgan fingerprint density at radius 3 is 2.42 bits per heavy atom. The summed E-state index contributed by atoms with van der Waals surface area (Å²) in [5, 5.41) is 9.55. The van der Waals surface area contributed by atoms with Crippen LogP contribution in [0, 0.1) is 0 Å². The third kappa shape index (κ3) is 4.67. The van der Waals surface area contributed by atoms with Crippen LogP contribution in [0.2, 0.25) is 0 Å². The van der Waals surface area contributed by atoms with Gasteiger partial charge in [-0.15, -0.1) is 0 Å². The van der Waals surface area contributed by atoms with Crippen LogP contribution < -0.4 is 4.90 Å². The van der Waals surface area contributed by atoms with Crippen LogP contribution in [0.5, 0.6) is 0 Å². The van der Waals surface area contributed by atoms with Gasteiger partial charge in [-0.1, -0.05) is 11.3 Å². The highest BCUT2D eigenvalue weighted by Gasteiger charge is 2.34. The van der Waals surface area contributed by atoms with Crippen LogP contribution in [-0.4, -0.2) is 58.8 Å². The number of hydrogen-bond acceptors (Lipinski definition) is 6. The average Bonchev–Trinajstić information content (AvgIpc) is 2.81. The molecule has 1 aromatic heterocycles. The van der Waals surface area contributed by atoms with Gasteiger partial charge >= 0.3 is 12.1 Å². The van der Waals surface area contributed by atoms with Gasteiger partial charge in [0.1, 0.15) is 9.39 Å². The highest BCUT2D eigenvalue weighted by molar-refractivity contribution is 9.11. The Labute approximate surface area is 153 Å². The summed E-state index contributed by atoms with van der Waals surface area (Å²) in [6, 6.07) is -0.0595. The topological polar surface area (TPSA) is 83.0 Å². The second-order valence-corrected chi connectivity index (χ2v) is 9.10. The molecular weight excluding hydrogens is 398 g/mol. The lowest BCUT2D eigenvalue weighted by molar-refractivity contribution is 0.0549. The lowest BCUT2D eigenvalue weighted by Crippen LogP contribution is -2.48. The van der Waals surface area contributed by atoms with E-state index in [1.165, 1.54) is 4.90 Å². The fourth-order valence-electron chi connectivity index (χ4n) is 2.47. The number of amides is 1. The van der Waals surface area contributed by atoms with E-state index in [2.05, 4.69) is 25.8 Å². The maximum atomic E-state index is 12.7. The molecule has 1 saturated heterocycles. The summed E-state index contributed by atoms with van der Waals surface area (Å²) >= 11 is 4.35. The smallest absolute Gasteiger partial charge is 0.416 e. The van der Waals surface area contributed by atoms with E-state index in [1.54, 1.807) is 20.8 Å². The Bertz CT molecular complexity index is 621. The van der Waals surface area contributed by atoms with Crippen molar-refractivity contribution in [3.8, 4) is 0 Å². The number of aromatic carboxylic acids is 1. The molecule has 0 aliphatic carbocycles. The van der Waals surface area contributed by atoms with Gasteiger partial charge < -0.3 is 14.7 Å². The number of aromatic nitrogens is 1. The van der Waals surface area contributed by atoms with Crippen molar-refractivity contribution in [3.63, 3.8) is 0 Å². The number of carbonyl (C=O) groups is 2. The van der Waals surface area contributed by atoms with Crippen molar-refractivity contribution in [1.29, 1.82) is 0 Å². The maximum Gasteiger partial charge on any atom is 0.416 e. The lowest BCUT2D eigenvalue weighted by atomic mass is 10.0. The summed E-state index contributed by atoms with van der Waals surface area (Å²) in [7, 11) is 2.04. The number of piperidine rings is 1. The van der Waals surface area contributed by atoms with Crippen LogP contribution in [-0.2, 0) is 4.74 Å². The molecule has 24 heavy (non-hydrogen) atoms. The van der Waals surface area contributed by atoms with Gasteiger partial charge in [0.15, 0.2) is 10.8 Å². The largest absolute Gasteiger partial charge is 0.476 e. The molecule has 1 N–H and O–H groups in total. The van der Waals surface area contributed by atoms with Crippen LogP contribution in [0.25, 0.3) is 0 Å². The number of halogens is 1. The maximum absolute atomic E-state index is 12.7. The third-order valence-corrected chi connectivity index (χ3v) is 5.33. The molecule has 0 spiro atoms. The molecule has 0 atom stereocenters. The zero-order valence-corrected chi connectivity index (χ0v) is 16.6. The number of likely N-dealkylation sites (tertiary alicyclic amines) is 1. The van der Waals surface area contributed by atoms with Crippen LogP contribution in [0.4, 0.5) is 9.93 Å². The number of rotatable bonds is 3. The van der Waals surface area contributed by atoms with Crippen LogP contribution in [0.1, 0.15) is 44.1 Å². The molecule has 2 heterocycles. The number of thiazole rings is 1. The first-order valence-corrected chi connectivity index (χ1v) is 9.30. The number of nitrogens with zero attached hydrogens (tertiary/aromatic N) is 3. The molecule has 1 aliphatic rings. The lowest BCUT2D eigenvalue weighted by Gasteiger charge is -2.36. The Morgan fingerprint density at radius 2 is 1.96 bits per heavy atom. The second-order valence-electron chi connectivity index (χ2n) is 6.81. The van der Waals surface area contributed by atoms with Crippen molar-refractivity contribution >= 4 is 44.5 Å². The zero-order chi connectivity index (χ0) is 18.1. The zero-order valence-electron chi connectivity index (χ0n) is 14.2. The van der Waals surface area contributed by atoms with E-state index in [4.69, 9.17) is 4.74 Å². The van der Waals surface area contributed by atoms with Gasteiger partial charge in [0.2, 0.25) is 0 Å². The quantitative estimate of drug-likeness (QED) is 0.807. The molecule has 134 valence electrons. The molecule has 0 unspecified atom stereocenters. The van der Waals surface area contributed by atoms with Gasteiger partial charge in [-0.05, 0) is 69.7 Å². The Morgan fingerprint density at radius 1 is 1.38 bits per heavy atom. The SMILES string of the molecule is CN1CCC(N(C(=O)OC(C)(C)C)c2nc(C(=O)O)c(Br)s2)CC1. The van der Waals surface area contributed by atoms with E-state index in [-0.39, 0.29) is 11.7 Å². The van der Waals surface area contributed by atoms with Gasteiger partial charge in [-0.25, -0.2) is 19.5 Å². The van der Waals surface area contributed by atoms with E-state index < -0.39 is 17.7 Å². The predicted octanol–water partition coefficient (Wildman–Crippen LogP) is 3.44. The van der Waals surface area contributed by atoms with Crippen molar-refractivity contribution in [2.45, 2.75) is 45.3 Å². The Hall–Kier alpha value is -1.19. The molecule has 2 rings (SSSR count). The molecule has 0 aromatic carbocycles. The number of anilines is 1. The molecule has 1 aliphatic heterocycles. The molecule has 1 fully saturated rings. The van der Waals surface area contributed by atoms with Crippen LogP contribution >= 0.6 is 27.3 Å². The molecule has 0 bridgehead atoms. The van der Waals surface area contributed by atoms with Gasteiger partial charge in [-0.2, -0.15) is 0 Å². The number of hydrogen-bond donors (Lipinski definition) is 1. The molecule has 0 saturated carbocycles. The summed E-state index contributed by atoms with van der Waals surface area (Å²) in [6.45, 7) is 7.14. The fourth-order valence-corrected chi connectivity index (χ4v) is 4.01. The molecule has 0 radical (unpaired) electrons.